The molecule has 3 aromatic rings. The van der Waals surface area contributed by atoms with E-state index in [1.807, 2.05) is 33.8 Å². The molecule has 0 radical (unpaired) electrons. The zero-order valence-electron chi connectivity index (χ0n) is 17.7. The Balaban J connectivity index is 1.98. The second kappa shape index (κ2) is 9.11. The number of sulfonamides is 1. The lowest BCUT2D eigenvalue weighted by molar-refractivity contribution is 0.321. The molecule has 7 nitrogen and oxygen atoms in total. The van der Waals surface area contributed by atoms with E-state index in [2.05, 4.69) is 14.7 Å². The van der Waals surface area contributed by atoms with E-state index in [9.17, 15) is 8.42 Å². The molecule has 31 heavy (non-hydrogen) atoms. The van der Waals surface area contributed by atoms with Gasteiger partial charge in [-0.25, -0.2) is 18.4 Å². The summed E-state index contributed by atoms with van der Waals surface area (Å²) in [4.78, 5) is 8.06. The van der Waals surface area contributed by atoms with Gasteiger partial charge in [0.05, 0.1) is 11.5 Å². The van der Waals surface area contributed by atoms with Crippen LogP contribution in [0, 0.1) is 0 Å². The highest BCUT2D eigenvalue weighted by Crippen LogP contribution is 2.38. The van der Waals surface area contributed by atoms with Crippen LogP contribution in [0.1, 0.15) is 33.3 Å². The van der Waals surface area contributed by atoms with E-state index in [4.69, 9.17) is 21.1 Å². The highest BCUT2D eigenvalue weighted by Gasteiger charge is 2.23. The number of benzene rings is 2. The molecule has 0 bridgehead atoms. The molecule has 1 heterocycles. The molecule has 0 amide bonds. The maximum atomic E-state index is 13.1. The zero-order chi connectivity index (χ0) is 22.6. The minimum Gasteiger partial charge on any atom is -0.490 e. The molecule has 3 rings (SSSR count). The van der Waals surface area contributed by atoms with Gasteiger partial charge in [0.1, 0.15) is 6.33 Å². The molecule has 0 saturated carbocycles. The standard InChI is InChI=1S/C22H24ClN3O4S/c1-5-29-17-11-6-7-12-18(17)30-19-20(23)24-14-25-21(19)26-31(27,28)16-10-8-9-15(13-16)22(2,3)4/h6-14H,5H2,1-4H3,(H,24,25,26). The number of aromatic nitrogens is 2. The third kappa shape index (κ3) is 5.45. The summed E-state index contributed by atoms with van der Waals surface area (Å²) in [6.45, 7) is 8.32. The Morgan fingerprint density at radius 3 is 2.42 bits per heavy atom. The van der Waals surface area contributed by atoms with E-state index in [1.54, 1.807) is 36.4 Å². The number of nitrogens with zero attached hydrogens (tertiary/aromatic N) is 2. The first-order chi connectivity index (χ1) is 14.6. The van der Waals surface area contributed by atoms with Gasteiger partial charge in [0.25, 0.3) is 10.0 Å². The fourth-order valence-corrected chi connectivity index (χ4v) is 3.98. The van der Waals surface area contributed by atoms with Crippen molar-refractivity contribution in [1.29, 1.82) is 0 Å². The number of hydrogen-bond acceptors (Lipinski definition) is 6. The first-order valence-corrected chi connectivity index (χ1v) is 11.5. The van der Waals surface area contributed by atoms with E-state index < -0.39 is 10.0 Å². The summed E-state index contributed by atoms with van der Waals surface area (Å²) in [5.74, 6) is 0.743. The van der Waals surface area contributed by atoms with Crippen molar-refractivity contribution < 1.29 is 17.9 Å². The molecule has 0 aliphatic rings. The van der Waals surface area contributed by atoms with Crippen LogP contribution >= 0.6 is 11.6 Å². The summed E-state index contributed by atoms with van der Waals surface area (Å²) in [5, 5.41) is -0.0394. The summed E-state index contributed by atoms with van der Waals surface area (Å²) in [7, 11) is -3.96. The summed E-state index contributed by atoms with van der Waals surface area (Å²) in [5.41, 5.74) is 0.680. The maximum absolute atomic E-state index is 13.1. The first-order valence-electron chi connectivity index (χ1n) is 9.65. The summed E-state index contributed by atoms with van der Waals surface area (Å²) in [6, 6.07) is 13.7. The van der Waals surface area contributed by atoms with Crippen molar-refractivity contribution in [3.63, 3.8) is 0 Å². The van der Waals surface area contributed by atoms with Gasteiger partial charge in [-0.3, -0.25) is 4.72 Å². The van der Waals surface area contributed by atoms with Crippen molar-refractivity contribution in [2.45, 2.75) is 38.0 Å². The average Bonchev–Trinajstić information content (AvgIpc) is 2.71. The largest absolute Gasteiger partial charge is 0.490 e. The van der Waals surface area contributed by atoms with E-state index in [-0.39, 0.29) is 27.0 Å². The Morgan fingerprint density at radius 2 is 1.74 bits per heavy atom. The SMILES string of the molecule is CCOc1ccccc1Oc1c(Cl)ncnc1NS(=O)(=O)c1cccc(C(C)(C)C)c1. The molecule has 164 valence electrons. The molecule has 1 N–H and O–H groups in total. The Kier molecular flexibility index (Phi) is 6.71. The lowest BCUT2D eigenvalue weighted by Crippen LogP contribution is -2.17. The van der Waals surface area contributed by atoms with E-state index in [0.717, 1.165) is 11.9 Å². The van der Waals surface area contributed by atoms with Crippen molar-refractivity contribution in [1.82, 2.24) is 9.97 Å². The second-order valence-corrected chi connectivity index (χ2v) is 9.75. The van der Waals surface area contributed by atoms with Crippen LogP contribution in [0.2, 0.25) is 5.15 Å². The van der Waals surface area contributed by atoms with Crippen LogP contribution in [0.4, 0.5) is 5.82 Å². The van der Waals surface area contributed by atoms with Crippen molar-refractivity contribution >= 4 is 27.4 Å². The van der Waals surface area contributed by atoms with Crippen LogP contribution in [0.25, 0.3) is 0 Å². The molecule has 1 aromatic heterocycles. The minimum atomic E-state index is -3.96. The van der Waals surface area contributed by atoms with Crippen molar-refractivity contribution in [3.8, 4) is 17.2 Å². The van der Waals surface area contributed by atoms with Gasteiger partial charge in [-0.15, -0.1) is 0 Å². The van der Waals surface area contributed by atoms with Crippen molar-refractivity contribution in [3.05, 3.63) is 65.6 Å². The molecule has 0 aliphatic heterocycles. The monoisotopic (exact) mass is 461 g/mol. The quantitative estimate of drug-likeness (QED) is 0.472. The van der Waals surface area contributed by atoms with E-state index >= 15 is 0 Å². The lowest BCUT2D eigenvalue weighted by Gasteiger charge is -2.20. The van der Waals surface area contributed by atoms with Crippen LogP contribution in [0.5, 0.6) is 17.2 Å². The van der Waals surface area contributed by atoms with Gasteiger partial charge in [0.15, 0.2) is 22.5 Å². The topological polar surface area (TPSA) is 90.4 Å². The summed E-state index contributed by atoms with van der Waals surface area (Å²) >= 11 is 6.22. The predicted molar refractivity (Wildman–Crippen MR) is 121 cm³/mol. The lowest BCUT2D eigenvalue weighted by atomic mass is 9.87. The van der Waals surface area contributed by atoms with Gasteiger partial charge in [0, 0.05) is 0 Å². The molecule has 9 heteroatoms. The smallest absolute Gasteiger partial charge is 0.263 e. The highest BCUT2D eigenvalue weighted by atomic mass is 35.5. The van der Waals surface area contributed by atoms with Crippen LogP contribution in [0.3, 0.4) is 0 Å². The van der Waals surface area contributed by atoms with Gasteiger partial charge < -0.3 is 9.47 Å². The Morgan fingerprint density at radius 1 is 1.03 bits per heavy atom. The van der Waals surface area contributed by atoms with Crippen LogP contribution in [0.15, 0.2) is 59.8 Å². The fraction of sp³-hybridized carbons (Fsp3) is 0.273. The molecule has 0 saturated heterocycles. The fourth-order valence-electron chi connectivity index (χ4n) is 2.75. The molecule has 2 aromatic carbocycles. The predicted octanol–water partition coefficient (Wildman–Crippen LogP) is 5.42. The number of ether oxygens (including phenoxy) is 2. The number of rotatable bonds is 7. The van der Waals surface area contributed by atoms with Gasteiger partial charge in [-0.1, -0.05) is 56.6 Å². The number of hydrogen-bond donors (Lipinski definition) is 1. The van der Waals surface area contributed by atoms with E-state index in [0.29, 0.717) is 18.1 Å². The van der Waals surface area contributed by atoms with Crippen LogP contribution < -0.4 is 14.2 Å². The molecule has 0 unspecified atom stereocenters. The van der Waals surface area contributed by atoms with Crippen molar-refractivity contribution in [2.75, 3.05) is 11.3 Å². The Bertz CT molecular complexity index is 1180. The van der Waals surface area contributed by atoms with Gasteiger partial charge in [-0.05, 0) is 42.2 Å². The van der Waals surface area contributed by atoms with Gasteiger partial charge in [0.2, 0.25) is 5.75 Å². The van der Waals surface area contributed by atoms with Crippen LogP contribution in [-0.2, 0) is 15.4 Å². The number of para-hydroxylation sites is 2. The minimum absolute atomic E-state index is 0.0214. The van der Waals surface area contributed by atoms with Gasteiger partial charge >= 0.3 is 0 Å². The molecule has 0 atom stereocenters. The second-order valence-electron chi connectivity index (χ2n) is 7.71. The summed E-state index contributed by atoms with van der Waals surface area (Å²) < 4.78 is 40.0. The highest BCUT2D eigenvalue weighted by molar-refractivity contribution is 7.92. The van der Waals surface area contributed by atoms with Crippen molar-refractivity contribution in [2.24, 2.45) is 0 Å². The third-order valence-electron chi connectivity index (χ3n) is 4.36. The number of halogens is 1. The average molecular weight is 462 g/mol. The molecular formula is C22H24ClN3O4S. The normalized spacial score (nSPS) is 11.8. The first kappa shape index (κ1) is 22.8. The third-order valence-corrected chi connectivity index (χ3v) is 5.97. The summed E-state index contributed by atoms with van der Waals surface area (Å²) in [6.07, 6.45) is 1.16. The molecule has 0 aliphatic carbocycles. The van der Waals surface area contributed by atoms with Gasteiger partial charge in [-0.2, -0.15) is 0 Å². The Hall–Kier alpha value is -2.84. The van der Waals surface area contributed by atoms with E-state index in [1.165, 1.54) is 6.07 Å². The zero-order valence-corrected chi connectivity index (χ0v) is 19.3. The number of anilines is 1. The molecule has 0 spiro atoms. The molecular weight excluding hydrogens is 438 g/mol. The Labute approximate surface area is 187 Å². The molecule has 0 fully saturated rings. The number of nitrogens with one attached hydrogen (secondary N) is 1. The maximum Gasteiger partial charge on any atom is 0.263 e. The van der Waals surface area contributed by atoms with Crippen LogP contribution in [-0.4, -0.2) is 25.0 Å².